The number of nitrogens with one attached hydrogen (secondary N) is 1. The molecule has 0 atom stereocenters. The minimum Gasteiger partial charge on any atom is -0.322 e. The number of fused-ring (bicyclic) bond motifs is 1. The smallest absolute Gasteiger partial charge is 0.248 e. The van der Waals surface area contributed by atoms with E-state index in [9.17, 15) is 4.79 Å². The third-order valence-electron chi connectivity index (χ3n) is 2.42. The van der Waals surface area contributed by atoms with E-state index in [0.29, 0.717) is 5.92 Å². The van der Waals surface area contributed by atoms with Crippen molar-refractivity contribution in [1.82, 2.24) is 4.98 Å². The number of H-pyrrole nitrogens is 1. The van der Waals surface area contributed by atoms with Gasteiger partial charge in [0.1, 0.15) is 0 Å². The highest BCUT2D eigenvalue weighted by Gasteiger charge is 2.00. The summed E-state index contributed by atoms with van der Waals surface area (Å²) in [5, 5.41) is 1.08. The van der Waals surface area contributed by atoms with Crippen molar-refractivity contribution in [2.45, 2.75) is 19.8 Å². The summed E-state index contributed by atoms with van der Waals surface area (Å²) in [7, 11) is 0. The topological polar surface area (TPSA) is 32.9 Å². The van der Waals surface area contributed by atoms with Gasteiger partial charge in [-0.25, -0.2) is 0 Å². The van der Waals surface area contributed by atoms with E-state index in [1.807, 2.05) is 18.2 Å². The van der Waals surface area contributed by atoms with Crippen molar-refractivity contribution < 1.29 is 0 Å². The van der Waals surface area contributed by atoms with Crippen molar-refractivity contribution >= 4 is 10.9 Å². The Kier molecular flexibility index (Phi) is 2.12. The van der Waals surface area contributed by atoms with E-state index in [1.54, 1.807) is 6.07 Å². The highest BCUT2D eigenvalue weighted by atomic mass is 16.1. The van der Waals surface area contributed by atoms with Gasteiger partial charge in [-0.3, -0.25) is 4.79 Å². The van der Waals surface area contributed by atoms with Crippen LogP contribution >= 0.6 is 0 Å². The van der Waals surface area contributed by atoms with E-state index >= 15 is 0 Å². The minimum absolute atomic E-state index is 0.0431. The molecule has 0 aliphatic carbocycles. The lowest BCUT2D eigenvalue weighted by atomic mass is 10.0. The number of aromatic nitrogens is 1. The molecule has 1 aromatic heterocycles. The van der Waals surface area contributed by atoms with Gasteiger partial charge in [0.15, 0.2) is 0 Å². The minimum atomic E-state index is -0.0431. The summed E-state index contributed by atoms with van der Waals surface area (Å²) in [4.78, 5) is 13.9. The lowest BCUT2D eigenvalue weighted by Gasteiger charge is -2.05. The lowest BCUT2D eigenvalue weighted by Crippen LogP contribution is -2.02. The molecule has 2 nitrogen and oxygen atoms in total. The molecular formula is C12H13NO. The first kappa shape index (κ1) is 9.00. The molecule has 2 heteroatoms. The van der Waals surface area contributed by atoms with Crippen LogP contribution in [0.5, 0.6) is 0 Å². The number of hydrogen-bond acceptors (Lipinski definition) is 1. The SMILES string of the molecule is CC(C)c1ccc2ccc(=O)[nH]c2c1. The predicted octanol–water partition coefficient (Wildman–Crippen LogP) is 2.65. The molecular weight excluding hydrogens is 174 g/mol. The van der Waals surface area contributed by atoms with Crippen molar-refractivity contribution in [2.75, 3.05) is 0 Å². The highest BCUT2D eigenvalue weighted by molar-refractivity contribution is 5.78. The average molecular weight is 187 g/mol. The van der Waals surface area contributed by atoms with E-state index in [-0.39, 0.29) is 5.56 Å². The third-order valence-corrected chi connectivity index (χ3v) is 2.42. The fourth-order valence-electron chi connectivity index (χ4n) is 1.53. The Bertz CT molecular complexity index is 511. The summed E-state index contributed by atoms with van der Waals surface area (Å²) >= 11 is 0. The van der Waals surface area contributed by atoms with Crippen LogP contribution in [0, 0.1) is 0 Å². The van der Waals surface area contributed by atoms with E-state index in [0.717, 1.165) is 10.9 Å². The molecule has 0 fully saturated rings. The number of pyridine rings is 1. The van der Waals surface area contributed by atoms with Gasteiger partial charge in [-0.15, -0.1) is 0 Å². The first-order valence-electron chi connectivity index (χ1n) is 4.80. The van der Waals surface area contributed by atoms with Crippen LogP contribution in [-0.4, -0.2) is 4.98 Å². The van der Waals surface area contributed by atoms with Gasteiger partial charge < -0.3 is 4.98 Å². The lowest BCUT2D eigenvalue weighted by molar-refractivity contribution is 0.868. The van der Waals surface area contributed by atoms with Gasteiger partial charge in [-0.05, 0) is 29.0 Å². The maximum Gasteiger partial charge on any atom is 0.248 e. The molecule has 1 N–H and O–H groups in total. The van der Waals surface area contributed by atoms with Gasteiger partial charge in [-0.1, -0.05) is 26.0 Å². The van der Waals surface area contributed by atoms with Crippen molar-refractivity contribution in [3.05, 3.63) is 46.2 Å². The fraction of sp³-hybridized carbons (Fsp3) is 0.250. The van der Waals surface area contributed by atoms with E-state index < -0.39 is 0 Å². The van der Waals surface area contributed by atoms with Crippen LogP contribution in [0.2, 0.25) is 0 Å². The molecule has 1 heterocycles. The molecule has 0 unspecified atom stereocenters. The average Bonchev–Trinajstić information content (AvgIpc) is 2.16. The maximum atomic E-state index is 11.1. The molecule has 2 rings (SSSR count). The first-order chi connectivity index (χ1) is 6.66. The zero-order chi connectivity index (χ0) is 10.1. The molecule has 72 valence electrons. The zero-order valence-corrected chi connectivity index (χ0v) is 8.37. The maximum absolute atomic E-state index is 11.1. The number of hydrogen-bond donors (Lipinski definition) is 1. The third kappa shape index (κ3) is 1.55. The van der Waals surface area contributed by atoms with Crippen molar-refractivity contribution in [3.63, 3.8) is 0 Å². The van der Waals surface area contributed by atoms with Crippen LogP contribution in [0.15, 0.2) is 35.1 Å². The first-order valence-corrected chi connectivity index (χ1v) is 4.80. The van der Waals surface area contributed by atoms with Gasteiger partial charge in [0.05, 0.1) is 0 Å². The molecule has 0 aliphatic rings. The van der Waals surface area contributed by atoms with Gasteiger partial charge in [0.25, 0.3) is 0 Å². The summed E-state index contributed by atoms with van der Waals surface area (Å²) < 4.78 is 0. The molecule has 0 radical (unpaired) electrons. The Morgan fingerprint density at radius 3 is 2.57 bits per heavy atom. The highest BCUT2D eigenvalue weighted by Crippen LogP contribution is 2.18. The molecule has 0 bridgehead atoms. The summed E-state index contributed by atoms with van der Waals surface area (Å²) in [6.07, 6.45) is 0. The van der Waals surface area contributed by atoms with Gasteiger partial charge in [0.2, 0.25) is 5.56 Å². The second-order valence-corrected chi connectivity index (χ2v) is 3.82. The predicted molar refractivity (Wildman–Crippen MR) is 58.7 cm³/mol. The van der Waals surface area contributed by atoms with Gasteiger partial charge in [-0.2, -0.15) is 0 Å². The summed E-state index contributed by atoms with van der Waals surface area (Å²) in [5.74, 6) is 0.489. The number of aromatic amines is 1. The van der Waals surface area contributed by atoms with Crippen LogP contribution in [0.4, 0.5) is 0 Å². The summed E-state index contributed by atoms with van der Waals surface area (Å²) in [6.45, 7) is 4.28. The van der Waals surface area contributed by atoms with Crippen LogP contribution in [0.1, 0.15) is 25.3 Å². The van der Waals surface area contributed by atoms with Crippen LogP contribution in [0.25, 0.3) is 10.9 Å². The van der Waals surface area contributed by atoms with Crippen LogP contribution in [0.3, 0.4) is 0 Å². The van der Waals surface area contributed by atoms with Crippen LogP contribution in [-0.2, 0) is 0 Å². The largest absolute Gasteiger partial charge is 0.322 e. The Morgan fingerprint density at radius 2 is 1.86 bits per heavy atom. The molecule has 0 saturated carbocycles. The monoisotopic (exact) mass is 187 g/mol. The molecule has 0 spiro atoms. The number of benzene rings is 1. The molecule has 0 aliphatic heterocycles. The van der Waals surface area contributed by atoms with E-state index in [4.69, 9.17) is 0 Å². The van der Waals surface area contributed by atoms with Crippen molar-refractivity contribution in [3.8, 4) is 0 Å². The van der Waals surface area contributed by atoms with Gasteiger partial charge >= 0.3 is 0 Å². The van der Waals surface area contributed by atoms with E-state index in [2.05, 4.69) is 24.9 Å². The summed E-state index contributed by atoms with van der Waals surface area (Å²) in [5.41, 5.74) is 2.13. The fourth-order valence-corrected chi connectivity index (χ4v) is 1.53. The Morgan fingerprint density at radius 1 is 1.14 bits per heavy atom. The number of rotatable bonds is 1. The Labute approximate surface area is 82.6 Å². The summed E-state index contributed by atoms with van der Waals surface area (Å²) in [6, 6.07) is 9.59. The molecule has 14 heavy (non-hydrogen) atoms. The van der Waals surface area contributed by atoms with E-state index in [1.165, 1.54) is 5.56 Å². The Balaban J connectivity index is 2.69. The van der Waals surface area contributed by atoms with Crippen molar-refractivity contribution in [1.29, 1.82) is 0 Å². The second-order valence-electron chi connectivity index (χ2n) is 3.82. The standard InChI is InChI=1S/C12H13NO/c1-8(2)10-4-3-9-5-6-12(14)13-11(9)7-10/h3-8H,1-2H3,(H,13,14). The van der Waals surface area contributed by atoms with Crippen molar-refractivity contribution in [2.24, 2.45) is 0 Å². The van der Waals surface area contributed by atoms with Gasteiger partial charge in [0, 0.05) is 11.6 Å². The van der Waals surface area contributed by atoms with Crippen LogP contribution < -0.4 is 5.56 Å². The quantitative estimate of drug-likeness (QED) is 0.731. The molecule has 2 aromatic rings. The molecule has 0 amide bonds. The normalized spacial score (nSPS) is 11.1. The zero-order valence-electron chi connectivity index (χ0n) is 8.37. The Hall–Kier alpha value is -1.57. The second kappa shape index (κ2) is 3.29. The molecule has 1 aromatic carbocycles. The molecule has 0 saturated heterocycles.